The number of ether oxygens (including phenoxy) is 1. The van der Waals surface area contributed by atoms with Crippen molar-refractivity contribution in [2.45, 2.75) is 0 Å². The number of nitrogens with one attached hydrogen (secondary N) is 1. The molecule has 3 aromatic rings. The van der Waals surface area contributed by atoms with Crippen LogP contribution in [0.3, 0.4) is 0 Å². The number of hydrogen-bond acceptors (Lipinski definition) is 4. The second kappa shape index (κ2) is 7.23. The fourth-order valence-electron chi connectivity index (χ4n) is 2.10. The van der Waals surface area contributed by atoms with Crippen LogP contribution >= 0.6 is 0 Å². The number of benzene rings is 2. The Balaban J connectivity index is 1.65. The molecule has 1 aromatic heterocycles. The molecule has 6 heteroatoms. The van der Waals surface area contributed by atoms with Gasteiger partial charge in [0.05, 0.1) is 5.69 Å². The molecule has 0 aliphatic rings. The summed E-state index contributed by atoms with van der Waals surface area (Å²) in [7, 11) is 0. The zero-order valence-corrected chi connectivity index (χ0v) is 12.9. The minimum Gasteiger partial charge on any atom is -0.490 e. The van der Waals surface area contributed by atoms with Gasteiger partial charge in [0.15, 0.2) is 0 Å². The molecule has 0 saturated heterocycles. The molecular formula is C18H16N4O2. The van der Waals surface area contributed by atoms with Gasteiger partial charge in [-0.1, -0.05) is 12.7 Å². The first-order valence-corrected chi connectivity index (χ1v) is 7.36. The van der Waals surface area contributed by atoms with Gasteiger partial charge in [-0.05, 0) is 48.5 Å². The molecule has 3 rings (SSSR count). The van der Waals surface area contributed by atoms with E-state index in [9.17, 15) is 4.79 Å². The molecule has 1 N–H and O–H groups in total. The molecule has 0 fully saturated rings. The van der Waals surface area contributed by atoms with Crippen LogP contribution in [0.25, 0.3) is 5.69 Å². The molecule has 0 saturated carbocycles. The highest BCUT2D eigenvalue weighted by Gasteiger charge is 2.06. The first-order chi connectivity index (χ1) is 11.8. The summed E-state index contributed by atoms with van der Waals surface area (Å²) in [6.07, 6.45) is 4.76. The average molecular weight is 320 g/mol. The lowest BCUT2D eigenvalue weighted by atomic mass is 10.2. The first-order valence-electron chi connectivity index (χ1n) is 7.36. The van der Waals surface area contributed by atoms with Gasteiger partial charge >= 0.3 is 0 Å². The fraction of sp³-hybridized carbons (Fsp3) is 0.0556. The van der Waals surface area contributed by atoms with Crippen molar-refractivity contribution in [3.05, 3.63) is 79.4 Å². The lowest BCUT2D eigenvalue weighted by Crippen LogP contribution is -2.11. The highest BCUT2D eigenvalue weighted by atomic mass is 16.5. The number of anilines is 1. The lowest BCUT2D eigenvalue weighted by molar-refractivity contribution is 0.102. The molecule has 120 valence electrons. The van der Waals surface area contributed by atoms with E-state index in [0.29, 0.717) is 23.6 Å². The number of carbonyl (C=O) groups is 1. The molecule has 6 nitrogen and oxygen atoms in total. The number of nitrogens with zero attached hydrogens (tertiary/aromatic N) is 3. The van der Waals surface area contributed by atoms with Crippen molar-refractivity contribution in [2.75, 3.05) is 11.9 Å². The number of carbonyl (C=O) groups excluding carboxylic acids is 1. The van der Waals surface area contributed by atoms with Gasteiger partial charge in [0.25, 0.3) is 5.91 Å². The maximum Gasteiger partial charge on any atom is 0.255 e. The third-order valence-corrected chi connectivity index (χ3v) is 3.29. The molecule has 0 aliphatic carbocycles. The molecule has 0 aliphatic heterocycles. The quantitative estimate of drug-likeness (QED) is 0.709. The molecule has 0 radical (unpaired) electrons. The van der Waals surface area contributed by atoms with E-state index in [0.717, 1.165) is 5.69 Å². The topological polar surface area (TPSA) is 69.0 Å². The maximum atomic E-state index is 12.3. The van der Waals surface area contributed by atoms with E-state index in [1.54, 1.807) is 41.4 Å². The predicted octanol–water partition coefficient (Wildman–Crippen LogP) is 3.08. The summed E-state index contributed by atoms with van der Waals surface area (Å²) >= 11 is 0. The Morgan fingerprint density at radius 1 is 1.17 bits per heavy atom. The summed E-state index contributed by atoms with van der Waals surface area (Å²) in [5.41, 5.74) is 2.13. The van der Waals surface area contributed by atoms with Crippen LogP contribution in [0.4, 0.5) is 5.69 Å². The number of hydrogen-bond donors (Lipinski definition) is 1. The monoisotopic (exact) mass is 320 g/mol. The van der Waals surface area contributed by atoms with Crippen molar-refractivity contribution >= 4 is 11.6 Å². The molecule has 1 heterocycles. The number of rotatable bonds is 6. The average Bonchev–Trinajstić information content (AvgIpc) is 3.15. The van der Waals surface area contributed by atoms with Gasteiger partial charge in [-0.15, -0.1) is 0 Å². The Morgan fingerprint density at radius 3 is 2.54 bits per heavy atom. The Labute approximate surface area is 139 Å². The zero-order valence-electron chi connectivity index (χ0n) is 12.9. The van der Waals surface area contributed by atoms with Crippen LogP contribution < -0.4 is 10.1 Å². The third-order valence-electron chi connectivity index (χ3n) is 3.29. The minimum absolute atomic E-state index is 0.182. The molecule has 0 atom stereocenters. The van der Waals surface area contributed by atoms with Gasteiger partial charge in [-0.25, -0.2) is 9.67 Å². The third kappa shape index (κ3) is 3.67. The largest absolute Gasteiger partial charge is 0.490 e. The summed E-state index contributed by atoms with van der Waals surface area (Å²) in [6.45, 7) is 4.03. The van der Waals surface area contributed by atoms with Crippen molar-refractivity contribution in [3.8, 4) is 11.4 Å². The van der Waals surface area contributed by atoms with E-state index in [4.69, 9.17) is 4.74 Å². The van der Waals surface area contributed by atoms with Gasteiger partial charge in [0.2, 0.25) is 0 Å². The van der Waals surface area contributed by atoms with E-state index >= 15 is 0 Å². The van der Waals surface area contributed by atoms with E-state index in [1.807, 2.05) is 24.3 Å². The van der Waals surface area contributed by atoms with Gasteiger partial charge in [0, 0.05) is 11.3 Å². The van der Waals surface area contributed by atoms with E-state index in [2.05, 4.69) is 22.0 Å². The molecule has 0 bridgehead atoms. The van der Waals surface area contributed by atoms with Crippen LogP contribution in [0, 0.1) is 0 Å². The van der Waals surface area contributed by atoms with Crippen LogP contribution in [0.2, 0.25) is 0 Å². The van der Waals surface area contributed by atoms with E-state index in [-0.39, 0.29) is 5.91 Å². The van der Waals surface area contributed by atoms with E-state index < -0.39 is 0 Å². The molecule has 2 aromatic carbocycles. The van der Waals surface area contributed by atoms with Crippen molar-refractivity contribution < 1.29 is 9.53 Å². The Morgan fingerprint density at radius 2 is 1.92 bits per heavy atom. The maximum absolute atomic E-state index is 12.3. The molecule has 0 spiro atoms. The summed E-state index contributed by atoms with van der Waals surface area (Å²) in [6, 6.07) is 14.3. The lowest BCUT2D eigenvalue weighted by Gasteiger charge is -2.08. The second-order valence-corrected chi connectivity index (χ2v) is 4.97. The molecule has 1 amide bonds. The van der Waals surface area contributed by atoms with Crippen molar-refractivity contribution in [1.82, 2.24) is 14.8 Å². The predicted molar refractivity (Wildman–Crippen MR) is 91.4 cm³/mol. The van der Waals surface area contributed by atoms with Gasteiger partial charge in [-0.2, -0.15) is 5.10 Å². The molecular weight excluding hydrogens is 304 g/mol. The number of aromatic nitrogens is 3. The standard InChI is InChI=1S/C18H16N4O2/c1-2-11-24-17-9-3-14(4-10-17)18(23)21-15-5-7-16(8-6-15)22-13-19-12-20-22/h2-10,12-13H,1,11H2,(H,21,23). The highest BCUT2D eigenvalue weighted by molar-refractivity contribution is 6.04. The summed E-state index contributed by atoms with van der Waals surface area (Å²) in [5.74, 6) is 0.516. The summed E-state index contributed by atoms with van der Waals surface area (Å²) in [5, 5.41) is 6.91. The van der Waals surface area contributed by atoms with Gasteiger partial charge < -0.3 is 10.1 Å². The zero-order chi connectivity index (χ0) is 16.8. The summed E-state index contributed by atoms with van der Waals surface area (Å²) in [4.78, 5) is 16.2. The molecule has 0 unspecified atom stereocenters. The van der Waals surface area contributed by atoms with Crippen molar-refractivity contribution in [2.24, 2.45) is 0 Å². The van der Waals surface area contributed by atoms with Crippen LogP contribution in [0.15, 0.2) is 73.8 Å². The Bertz CT molecular complexity index is 809. The second-order valence-electron chi connectivity index (χ2n) is 4.97. The Kier molecular flexibility index (Phi) is 4.67. The summed E-state index contributed by atoms with van der Waals surface area (Å²) < 4.78 is 7.04. The molecule has 24 heavy (non-hydrogen) atoms. The van der Waals surface area contributed by atoms with Gasteiger partial charge in [0.1, 0.15) is 25.0 Å². The van der Waals surface area contributed by atoms with Crippen LogP contribution in [0.1, 0.15) is 10.4 Å². The van der Waals surface area contributed by atoms with E-state index in [1.165, 1.54) is 6.33 Å². The minimum atomic E-state index is -0.182. The van der Waals surface area contributed by atoms with Crippen LogP contribution in [-0.2, 0) is 0 Å². The Hall–Kier alpha value is -3.41. The van der Waals surface area contributed by atoms with Gasteiger partial charge in [-0.3, -0.25) is 4.79 Å². The van der Waals surface area contributed by atoms with Crippen molar-refractivity contribution in [1.29, 1.82) is 0 Å². The van der Waals surface area contributed by atoms with Crippen LogP contribution in [0.5, 0.6) is 5.75 Å². The first kappa shape index (κ1) is 15.5. The SMILES string of the molecule is C=CCOc1ccc(C(=O)Nc2ccc(-n3cncn3)cc2)cc1. The smallest absolute Gasteiger partial charge is 0.255 e. The number of amides is 1. The van der Waals surface area contributed by atoms with Crippen LogP contribution in [-0.4, -0.2) is 27.3 Å². The fourth-order valence-corrected chi connectivity index (χ4v) is 2.10. The van der Waals surface area contributed by atoms with Crippen molar-refractivity contribution in [3.63, 3.8) is 0 Å². The highest BCUT2D eigenvalue weighted by Crippen LogP contribution is 2.16. The normalized spacial score (nSPS) is 10.2.